The van der Waals surface area contributed by atoms with Crippen LogP contribution in [-0.4, -0.2) is 27.9 Å². The number of aromatic hydroxyl groups is 1. The number of amides is 1. The highest BCUT2D eigenvalue weighted by Gasteiger charge is 2.29. The van der Waals surface area contributed by atoms with Gasteiger partial charge in [0.2, 0.25) is 0 Å². The summed E-state index contributed by atoms with van der Waals surface area (Å²) in [6, 6.07) is 21.8. The number of aryl methyl sites for hydroxylation is 1. The molecule has 0 aromatic heterocycles. The number of carbonyl (C=O) groups excluding carboxylic acids is 1. The Morgan fingerprint density at radius 2 is 1.62 bits per heavy atom. The molecule has 0 saturated heterocycles. The van der Waals surface area contributed by atoms with Gasteiger partial charge in [-0.25, -0.2) is 0 Å². The molecule has 0 fully saturated rings. The number of rotatable bonds is 6. The lowest BCUT2D eigenvalue weighted by molar-refractivity contribution is 0.0766. The van der Waals surface area contributed by atoms with Gasteiger partial charge in [-0.05, 0) is 53.9 Å². The summed E-state index contributed by atoms with van der Waals surface area (Å²) in [4.78, 5) is 17.1. The highest BCUT2D eigenvalue weighted by Crippen LogP contribution is 2.29. The molecule has 29 heavy (non-hydrogen) atoms. The minimum absolute atomic E-state index is 0.0924. The van der Waals surface area contributed by atoms with Gasteiger partial charge in [0.05, 0.1) is 0 Å². The Kier molecular flexibility index (Phi) is 5.36. The van der Waals surface area contributed by atoms with Gasteiger partial charge < -0.3 is 10.0 Å². The van der Waals surface area contributed by atoms with E-state index in [9.17, 15) is 9.90 Å². The minimum Gasteiger partial charge on any atom is -0.508 e. The molecular weight excluding hydrogens is 360 g/mol. The Morgan fingerprint density at radius 3 is 2.34 bits per heavy atom. The van der Waals surface area contributed by atoms with Gasteiger partial charge in [-0.3, -0.25) is 9.69 Å². The fraction of sp³-hybridized carbons (Fsp3) is 0.240. The Balaban J connectivity index is 1.47. The van der Waals surface area contributed by atoms with Crippen molar-refractivity contribution in [3.05, 3.63) is 100 Å². The van der Waals surface area contributed by atoms with Crippen molar-refractivity contribution in [1.82, 2.24) is 9.80 Å². The third-order valence-corrected chi connectivity index (χ3v) is 5.40. The molecule has 4 rings (SSSR count). The summed E-state index contributed by atoms with van der Waals surface area (Å²) in [6.07, 6.45) is 0. The molecule has 3 aromatic rings. The molecule has 148 valence electrons. The molecule has 1 amide bonds. The first-order chi connectivity index (χ1) is 14.0. The largest absolute Gasteiger partial charge is 0.508 e. The third-order valence-electron chi connectivity index (χ3n) is 5.40. The molecule has 1 N–H and O–H groups in total. The molecule has 0 spiro atoms. The van der Waals surface area contributed by atoms with E-state index in [0.717, 1.165) is 35.3 Å². The fourth-order valence-corrected chi connectivity index (χ4v) is 4.11. The van der Waals surface area contributed by atoms with Crippen LogP contribution in [0.2, 0.25) is 0 Å². The lowest BCUT2D eigenvalue weighted by Crippen LogP contribution is -2.23. The second kappa shape index (κ2) is 8.10. The number of benzene rings is 3. The third kappa shape index (κ3) is 4.33. The quantitative estimate of drug-likeness (QED) is 0.679. The van der Waals surface area contributed by atoms with Crippen molar-refractivity contribution in [1.29, 1.82) is 0 Å². The topological polar surface area (TPSA) is 43.8 Å². The summed E-state index contributed by atoms with van der Waals surface area (Å²) in [6.45, 7) is 4.95. The summed E-state index contributed by atoms with van der Waals surface area (Å²) < 4.78 is 0. The maximum Gasteiger partial charge on any atom is 0.255 e. The van der Waals surface area contributed by atoms with Crippen LogP contribution in [0, 0.1) is 6.92 Å². The zero-order chi connectivity index (χ0) is 20.4. The van der Waals surface area contributed by atoms with E-state index in [0.29, 0.717) is 13.1 Å². The lowest BCUT2D eigenvalue weighted by Gasteiger charge is -2.18. The van der Waals surface area contributed by atoms with Crippen molar-refractivity contribution < 1.29 is 9.90 Å². The second-order valence-corrected chi connectivity index (χ2v) is 7.93. The van der Waals surface area contributed by atoms with Gasteiger partial charge in [-0.15, -0.1) is 0 Å². The molecule has 0 radical (unpaired) electrons. The van der Waals surface area contributed by atoms with Crippen molar-refractivity contribution in [2.45, 2.75) is 33.1 Å². The highest BCUT2D eigenvalue weighted by atomic mass is 16.3. The summed E-state index contributed by atoms with van der Waals surface area (Å²) in [5.74, 6) is 0.333. The van der Waals surface area contributed by atoms with E-state index in [4.69, 9.17) is 0 Å². The maximum atomic E-state index is 12.9. The predicted octanol–water partition coefficient (Wildman–Crippen LogP) is 4.49. The average Bonchev–Trinajstić information content (AvgIpc) is 3.00. The van der Waals surface area contributed by atoms with Crippen molar-refractivity contribution in [3.8, 4) is 5.75 Å². The van der Waals surface area contributed by atoms with Crippen molar-refractivity contribution in [2.24, 2.45) is 0 Å². The Bertz CT molecular complexity index is 1010. The molecular formula is C25H26N2O2. The van der Waals surface area contributed by atoms with E-state index in [1.807, 2.05) is 30.0 Å². The molecule has 0 saturated carbocycles. The number of carbonyl (C=O) groups is 1. The Morgan fingerprint density at radius 1 is 0.931 bits per heavy atom. The van der Waals surface area contributed by atoms with Crippen LogP contribution < -0.4 is 0 Å². The van der Waals surface area contributed by atoms with E-state index in [1.165, 1.54) is 11.1 Å². The van der Waals surface area contributed by atoms with Gasteiger partial charge in [0, 0.05) is 31.7 Å². The SMILES string of the molecule is Cc1cc(CN(C)Cc2ccccc2)cc2c1C(=O)N(Cc1ccc(O)cc1)C2. The molecule has 0 atom stereocenters. The maximum absolute atomic E-state index is 12.9. The van der Waals surface area contributed by atoms with Crippen molar-refractivity contribution in [3.63, 3.8) is 0 Å². The first kappa shape index (κ1) is 19.2. The monoisotopic (exact) mass is 386 g/mol. The van der Waals surface area contributed by atoms with Crippen LogP contribution in [0.25, 0.3) is 0 Å². The van der Waals surface area contributed by atoms with Crippen molar-refractivity contribution >= 4 is 5.91 Å². The number of nitrogens with zero attached hydrogens (tertiary/aromatic N) is 2. The second-order valence-electron chi connectivity index (χ2n) is 7.93. The van der Waals surface area contributed by atoms with Crippen LogP contribution in [0.1, 0.15) is 38.2 Å². The lowest BCUT2D eigenvalue weighted by atomic mass is 10.00. The van der Waals surface area contributed by atoms with Crippen LogP contribution in [-0.2, 0) is 26.2 Å². The van der Waals surface area contributed by atoms with Crippen LogP contribution in [0.3, 0.4) is 0 Å². The van der Waals surface area contributed by atoms with Crippen LogP contribution >= 0.6 is 0 Å². The normalized spacial score (nSPS) is 13.2. The first-order valence-corrected chi connectivity index (χ1v) is 9.91. The van der Waals surface area contributed by atoms with Crippen LogP contribution in [0.4, 0.5) is 0 Å². The van der Waals surface area contributed by atoms with Gasteiger partial charge in [0.15, 0.2) is 0 Å². The zero-order valence-electron chi connectivity index (χ0n) is 16.9. The number of phenolic OH excluding ortho intramolecular Hbond substituents is 1. The first-order valence-electron chi connectivity index (χ1n) is 9.91. The molecule has 3 aromatic carbocycles. The van der Waals surface area contributed by atoms with Gasteiger partial charge >= 0.3 is 0 Å². The Hall–Kier alpha value is -3.11. The Labute approximate surface area is 172 Å². The van der Waals surface area contributed by atoms with E-state index in [1.54, 1.807) is 12.1 Å². The smallest absolute Gasteiger partial charge is 0.255 e. The average molecular weight is 386 g/mol. The summed E-state index contributed by atoms with van der Waals surface area (Å²) in [5.41, 5.74) is 6.55. The number of hydrogen-bond acceptors (Lipinski definition) is 3. The van der Waals surface area contributed by atoms with E-state index in [-0.39, 0.29) is 11.7 Å². The molecule has 0 bridgehead atoms. The number of hydrogen-bond donors (Lipinski definition) is 1. The molecule has 0 aliphatic carbocycles. The zero-order valence-corrected chi connectivity index (χ0v) is 16.9. The van der Waals surface area contributed by atoms with E-state index < -0.39 is 0 Å². The van der Waals surface area contributed by atoms with Crippen molar-refractivity contribution in [2.75, 3.05) is 7.05 Å². The van der Waals surface area contributed by atoms with E-state index in [2.05, 4.69) is 48.3 Å². The van der Waals surface area contributed by atoms with Gasteiger partial charge in [0.25, 0.3) is 5.91 Å². The standard InChI is InChI=1S/C25H26N2O2/c1-18-12-21(15-26(2)14-19-6-4-3-5-7-19)13-22-17-27(25(29)24(18)22)16-20-8-10-23(28)11-9-20/h3-13,28H,14-17H2,1-2H3. The summed E-state index contributed by atoms with van der Waals surface area (Å²) >= 11 is 0. The minimum atomic E-state index is 0.0924. The number of fused-ring (bicyclic) bond motifs is 1. The molecule has 1 heterocycles. The van der Waals surface area contributed by atoms with Gasteiger partial charge in [-0.2, -0.15) is 0 Å². The molecule has 0 unspecified atom stereocenters. The molecule has 1 aliphatic heterocycles. The fourth-order valence-electron chi connectivity index (χ4n) is 4.11. The van der Waals surface area contributed by atoms with Crippen LogP contribution in [0.5, 0.6) is 5.75 Å². The van der Waals surface area contributed by atoms with Gasteiger partial charge in [-0.1, -0.05) is 54.6 Å². The van der Waals surface area contributed by atoms with Gasteiger partial charge in [0.1, 0.15) is 5.75 Å². The predicted molar refractivity (Wildman–Crippen MR) is 114 cm³/mol. The van der Waals surface area contributed by atoms with Crippen LogP contribution in [0.15, 0.2) is 66.7 Å². The molecule has 1 aliphatic rings. The number of phenols is 1. The molecule has 4 heteroatoms. The van der Waals surface area contributed by atoms with E-state index >= 15 is 0 Å². The summed E-state index contributed by atoms with van der Waals surface area (Å²) in [7, 11) is 2.12. The molecule has 4 nitrogen and oxygen atoms in total. The highest BCUT2D eigenvalue weighted by molar-refractivity contribution is 5.99. The summed E-state index contributed by atoms with van der Waals surface area (Å²) in [5, 5.41) is 9.46.